The molecule has 0 radical (unpaired) electrons. The second-order valence-corrected chi connectivity index (χ2v) is 7.29. The second kappa shape index (κ2) is 8.68. The highest BCUT2D eigenvalue weighted by molar-refractivity contribution is 5.86. The molecule has 7 heteroatoms. The van der Waals surface area contributed by atoms with Crippen LogP contribution < -0.4 is 16.0 Å². The summed E-state index contributed by atoms with van der Waals surface area (Å²) in [5.74, 6) is -1.91. The molecule has 0 saturated carbocycles. The SMILES string of the molecule is CC(C)C[C@@H](C(=O)N[C@H](C(=O)[O-])c1ccccc1)n1cnc2ccccc2c1=O. The van der Waals surface area contributed by atoms with Crippen LogP contribution in [0.5, 0.6) is 0 Å². The van der Waals surface area contributed by atoms with Crippen LogP contribution in [-0.4, -0.2) is 21.4 Å². The largest absolute Gasteiger partial charge is 0.548 e. The van der Waals surface area contributed by atoms with Gasteiger partial charge in [0.25, 0.3) is 5.56 Å². The van der Waals surface area contributed by atoms with Crippen LogP contribution in [0, 0.1) is 5.92 Å². The van der Waals surface area contributed by atoms with Crippen molar-refractivity contribution < 1.29 is 14.7 Å². The van der Waals surface area contributed by atoms with E-state index in [1.54, 1.807) is 54.6 Å². The molecule has 3 aromatic rings. The fourth-order valence-corrected chi connectivity index (χ4v) is 3.26. The average molecular weight is 392 g/mol. The molecule has 1 heterocycles. The number of nitrogens with zero attached hydrogens (tertiary/aromatic N) is 2. The van der Waals surface area contributed by atoms with Gasteiger partial charge in [-0.25, -0.2) is 4.98 Å². The third kappa shape index (κ3) is 4.51. The van der Waals surface area contributed by atoms with Gasteiger partial charge >= 0.3 is 0 Å². The number of nitrogens with one attached hydrogen (secondary N) is 1. The van der Waals surface area contributed by atoms with Crippen LogP contribution in [0.2, 0.25) is 0 Å². The Hall–Kier alpha value is -3.48. The number of carbonyl (C=O) groups excluding carboxylic acids is 2. The van der Waals surface area contributed by atoms with Crippen molar-refractivity contribution in [2.75, 3.05) is 0 Å². The molecular weight excluding hydrogens is 370 g/mol. The van der Waals surface area contributed by atoms with Crippen molar-refractivity contribution in [1.29, 1.82) is 0 Å². The molecule has 0 aliphatic heterocycles. The van der Waals surface area contributed by atoms with Gasteiger partial charge in [0.05, 0.1) is 29.2 Å². The van der Waals surface area contributed by atoms with Gasteiger partial charge in [-0.05, 0) is 30.0 Å². The molecule has 0 saturated heterocycles. The molecular formula is C22H22N3O4-. The van der Waals surface area contributed by atoms with E-state index in [9.17, 15) is 19.5 Å². The first kappa shape index (κ1) is 20.3. The lowest BCUT2D eigenvalue weighted by Crippen LogP contribution is -2.45. The van der Waals surface area contributed by atoms with E-state index in [0.717, 1.165) is 0 Å². The fraction of sp³-hybridized carbons (Fsp3) is 0.273. The number of fused-ring (bicyclic) bond motifs is 1. The number of carboxylic acids is 1. The van der Waals surface area contributed by atoms with Crippen molar-refractivity contribution in [2.24, 2.45) is 5.92 Å². The first-order valence-electron chi connectivity index (χ1n) is 9.40. The van der Waals surface area contributed by atoms with E-state index < -0.39 is 24.0 Å². The van der Waals surface area contributed by atoms with Crippen LogP contribution >= 0.6 is 0 Å². The number of carbonyl (C=O) groups is 2. The monoisotopic (exact) mass is 392 g/mol. The lowest BCUT2D eigenvalue weighted by Gasteiger charge is -2.26. The maximum Gasteiger partial charge on any atom is 0.261 e. The topological polar surface area (TPSA) is 104 Å². The molecule has 2 atom stereocenters. The smallest absolute Gasteiger partial charge is 0.261 e. The Balaban J connectivity index is 1.98. The van der Waals surface area contributed by atoms with Gasteiger partial charge in [-0.1, -0.05) is 56.3 Å². The molecule has 1 amide bonds. The molecule has 0 spiro atoms. The Bertz CT molecular complexity index is 1080. The minimum absolute atomic E-state index is 0.0854. The van der Waals surface area contributed by atoms with Crippen LogP contribution in [0.4, 0.5) is 0 Å². The van der Waals surface area contributed by atoms with Gasteiger partial charge < -0.3 is 15.2 Å². The van der Waals surface area contributed by atoms with Crippen LogP contribution in [-0.2, 0) is 9.59 Å². The third-order valence-corrected chi connectivity index (χ3v) is 4.68. The number of para-hydroxylation sites is 1. The van der Waals surface area contributed by atoms with E-state index in [1.165, 1.54) is 10.9 Å². The van der Waals surface area contributed by atoms with E-state index in [-0.39, 0.29) is 11.5 Å². The molecule has 150 valence electrons. The highest BCUT2D eigenvalue weighted by Gasteiger charge is 2.26. The number of amides is 1. The Labute approximate surface area is 168 Å². The Morgan fingerprint density at radius 1 is 1.07 bits per heavy atom. The zero-order chi connectivity index (χ0) is 21.0. The highest BCUT2D eigenvalue weighted by atomic mass is 16.4. The molecule has 29 heavy (non-hydrogen) atoms. The minimum atomic E-state index is -1.42. The number of carboxylic acid groups (broad SMARTS) is 1. The van der Waals surface area contributed by atoms with Crippen molar-refractivity contribution in [3.8, 4) is 0 Å². The number of aliphatic carboxylic acids is 1. The molecule has 0 aliphatic carbocycles. The van der Waals surface area contributed by atoms with Crippen LogP contribution in [0.25, 0.3) is 10.9 Å². The summed E-state index contributed by atoms with van der Waals surface area (Å²) in [5.41, 5.74) is 0.587. The van der Waals surface area contributed by atoms with E-state index in [0.29, 0.717) is 22.9 Å². The van der Waals surface area contributed by atoms with Gasteiger partial charge in [0.1, 0.15) is 6.04 Å². The summed E-state index contributed by atoms with van der Waals surface area (Å²) in [5, 5.41) is 14.6. The first-order valence-corrected chi connectivity index (χ1v) is 9.40. The molecule has 0 unspecified atom stereocenters. The molecule has 0 fully saturated rings. The van der Waals surface area contributed by atoms with E-state index in [4.69, 9.17) is 0 Å². The lowest BCUT2D eigenvalue weighted by atomic mass is 10.0. The highest BCUT2D eigenvalue weighted by Crippen LogP contribution is 2.20. The Morgan fingerprint density at radius 2 is 1.72 bits per heavy atom. The summed E-state index contributed by atoms with van der Waals surface area (Å²) in [6.45, 7) is 3.85. The summed E-state index contributed by atoms with van der Waals surface area (Å²) in [4.78, 5) is 42.0. The molecule has 7 nitrogen and oxygen atoms in total. The number of rotatable bonds is 7. The van der Waals surface area contributed by atoms with Crippen LogP contribution in [0.1, 0.15) is 37.9 Å². The average Bonchev–Trinajstić information content (AvgIpc) is 2.71. The van der Waals surface area contributed by atoms with Crippen molar-refractivity contribution in [1.82, 2.24) is 14.9 Å². The summed E-state index contributed by atoms with van der Waals surface area (Å²) >= 11 is 0. The quantitative estimate of drug-likeness (QED) is 0.658. The van der Waals surface area contributed by atoms with E-state index >= 15 is 0 Å². The zero-order valence-corrected chi connectivity index (χ0v) is 16.2. The Morgan fingerprint density at radius 3 is 2.38 bits per heavy atom. The molecule has 0 bridgehead atoms. The number of hydrogen-bond acceptors (Lipinski definition) is 5. The molecule has 2 aromatic carbocycles. The van der Waals surface area contributed by atoms with E-state index in [2.05, 4.69) is 10.3 Å². The van der Waals surface area contributed by atoms with Gasteiger partial charge in [-0.3, -0.25) is 14.2 Å². The predicted octanol–water partition coefficient (Wildman–Crippen LogP) is 1.59. The van der Waals surface area contributed by atoms with Gasteiger partial charge in [0.2, 0.25) is 5.91 Å². The van der Waals surface area contributed by atoms with Crippen molar-refractivity contribution in [2.45, 2.75) is 32.4 Å². The number of aromatic nitrogens is 2. The van der Waals surface area contributed by atoms with Crippen molar-refractivity contribution >= 4 is 22.8 Å². The lowest BCUT2D eigenvalue weighted by molar-refractivity contribution is -0.308. The van der Waals surface area contributed by atoms with Gasteiger partial charge in [-0.15, -0.1) is 0 Å². The normalized spacial score (nSPS) is 13.2. The van der Waals surface area contributed by atoms with Crippen LogP contribution in [0.3, 0.4) is 0 Å². The molecule has 1 N–H and O–H groups in total. The van der Waals surface area contributed by atoms with E-state index in [1.807, 2.05) is 13.8 Å². The standard InChI is InChI=1S/C22H23N3O4/c1-14(2)12-18(25-13-23-17-11-7-6-10-16(17)21(25)27)20(26)24-19(22(28)29)15-8-4-3-5-9-15/h3-11,13-14,18-19H,12H2,1-2H3,(H,24,26)(H,28,29)/p-1/t18-,19-/m0/s1. The van der Waals surface area contributed by atoms with Crippen molar-refractivity contribution in [3.05, 3.63) is 76.8 Å². The molecule has 3 rings (SSSR count). The summed E-state index contributed by atoms with van der Waals surface area (Å²) in [7, 11) is 0. The maximum absolute atomic E-state index is 13.1. The summed E-state index contributed by atoms with van der Waals surface area (Å²) in [6, 6.07) is 13.0. The summed E-state index contributed by atoms with van der Waals surface area (Å²) < 4.78 is 1.27. The van der Waals surface area contributed by atoms with Gasteiger partial charge in [0, 0.05) is 0 Å². The Kier molecular flexibility index (Phi) is 6.07. The first-order chi connectivity index (χ1) is 13.9. The van der Waals surface area contributed by atoms with Crippen LogP contribution in [0.15, 0.2) is 65.7 Å². The predicted molar refractivity (Wildman–Crippen MR) is 107 cm³/mol. The maximum atomic E-state index is 13.1. The number of benzene rings is 2. The summed E-state index contributed by atoms with van der Waals surface area (Å²) in [6.07, 6.45) is 1.69. The third-order valence-electron chi connectivity index (χ3n) is 4.68. The number of hydrogen-bond donors (Lipinski definition) is 1. The molecule has 1 aromatic heterocycles. The molecule has 0 aliphatic rings. The van der Waals surface area contributed by atoms with Crippen molar-refractivity contribution in [3.63, 3.8) is 0 Å². The fourth-order valence-electron chi connectivity index (χ4n) is 3.26. The minimum Gasteiger partial charge on any atom is -0.548 e. The second-order valence-electron chi connectivity index (χ2n) is 7.29. The van der Waals surface area contributed by atoms with Gasteiger partial charge in [-0.2, -0.15) is 0 Å². The zero-order valence-electron chi connectivity index (χ0n) is 16.2. The van der Waals surface area contributed by atoms with Gasteiger partial charge in [0.15, 0.2) is 0 Å².